The molecule has 1 rings (SSSR count). The summed E-state index contributed by atoms with van der Waals surface area (Å²) in [7, 11) is 0. The number of hydrogen-bond acceptors (Lipinski definition) is 4. The standard InChI is InChI=1S/C10H18N4O2/c1-4-6-8-11-12-13-14(8)7-10(3,5-2)9(15)16/h4-7H2,1-3H3,(H,15,16). The quantitative estimate of drug-likeness (QED) is 0.786. The van der Waals surface area contributed by atoms with Gasteiger partial charge in [0.2, 0.25) is 0 Å². The fraction of sp³-hybridized carbons (Fsp3) is 0.800. The molecule has 90 valence electrons. The van der Waals surface area contributed by atoms with Crippen molar-refractivity contribution in [3.05, 3.63) is 5.82 Å². The van der Waals surface area contributed by atoms with E-state index in [1.54, 1.807) is 11.6 Å². The van der Waals surface area contributed by atoms with E-state index in [-0.39, 0.29) is 0 Å². The Balaban J connectivity index is 2.85. The summed E-state index contributed by atoms with van der Waals surface area (Å²) in [5.74, 6) is -0.0589. The summed E-state index contributed by atoms with van der Waals surface area (Å²) >= 11 is 0. The van der Waals surface area contributed by atoms with E-state index in [0.29, 0.717) is 13.0 Å². The summed E-state index contributed by atoms with van der Waals surface area (Å²) in [6, 6.07) is 0. The van der Waals surface area contributed by atoms with Crippen molar-refractivity contribution in [3.63, 3.8) is 0 Å². The van der Waals surface area contributed by atoms with Crippen LogP contribution in [0.2, 0.25) is 0 Å². The predicted octanol–water partition coefficient (Wildman–Crippen LogP) is 1.13. The van der Waals surface area contributed by atoms with Gasteiger partial charge in [-0.3, -0.25) is 4.79 Å². The Morgan fingerprint density at radius 3 is 2.69 bits per heavy atom. The fourth-order valence-electron chi connectivity index (χ4n) is 1.41. The highest BCUT2D eigenvalue weighted by atomic mass is 16.4. The van der Waals surface area contributed by atoms with Crippen LogP contribution in [-0.2, 0) is 17.8 Å². The molecule has 0 radical (unpaired) electrons. The second-order valence-corrected chi connectivity index (χ2v) is 4.22. The first kappa shape index (κ1) is 12.6. The van der Waals surface area contributed by atoms with E-state index < -0.39 is 11.4 Å². The molecule has 1 atom stereocenters. The molecule has 0 aliphatic rings. The molecule has 6 nitrogen and oxygen atoms in total. The number of hydrogen-bond donors (Lipinski definition) is 1. The molecule has 0 bridgehead atoms. The average Bonchev–Trinajstić information content (AvgIpc) is 2.66. The second kappa shape index (κ2) is 5.05. The zero-order valence-corrected chi connectivity index (χ0v) is 9.97. The van der Waals surface area contributed by atoms with Gasteiger partial charge in [-0.2, -0.15) is 0 Å². The third-order valence-electron chi connectivity index (χ3n) is 2.88. The lowest BCUT2D eigenvalue weighted by Gasteiger charge is -2.22. The van der Waals surface area contributed by atoms with Crippen LogP contribution in [0.15, 0.2) is 0 Å². The van der Waals surface area contributed by atoms with Crippen molar-refractivity contribution in [1.29, 1.82) is 0 Å². The van der Waals surface area contributed by atoms with Gasteiger partial charge in [0.1, 0.15) is 0 Å². The van der Waals surface area contributed by atoms with Gasteiger partial charge in [-0.05, 0) is 30.2 Å². The van der Waals surface area contributed by atoms with Crippen LogP contribution >= 0.6 is 0 Å². The van der Waals surface area contributed by atoms with Crippen LogP contribution in [-0.4, -0.2) is 31.3 Å². The minimum Gasteiger partial charge on any atom is -0.481 e. The van der Waals surface area contributed by atoms with Gasteiger partial charge in [0.25, 0.3) is 0 Å². The van der Waals surface area contributed by atoms with Gasteiger partial charge in [-0.1, -0.05) is 13.8 Å². The molecular weight excluding hydrogens is 208 g/mol. The van der Waals surface area contributed by atoms with E-state index in [1.807, 2.05) is 13.8 Å². The summed E-state index contributed by atoms with van der Waals surface area (Å²) in [5, 5.41) is 20.5. The highest BCUT2D eigenvalue weighted by Crippen LogP contribution is 2.23. The van der Waals surface area contributed by atoms with Gasteiger partial charge >= 0.3 is 5.97 Å². The second-order valence-electron chi connectivity index (χ2n) is 4.22. The van der Waals surface area contributed by atoms with Crippen molar-refractivity contribution < 1.29 is 9.90 Å². The van der Waals surface area contributed by atoms with E-state index >= 15 is 0 Å². The number of carboxylic acid groups (broad SMARTS) is 1. The summed E-state index contributed by atoms with van der Waals surface area (Å²) in [6.45, 7) is 5.93. The van der Waals surface area contributed by atoms with Crippen LogP contribution in [0.25, 0.3) is 0 Å². The smallest absolute Gasteiger partial charge is 0.311 e. The van der Waals surface area contributed by atoms with Crippen molar-refractivity contribution in [2.45, 2.75) is 46.6 Å². The van der Waals surface area contributed by atoms with E-state index in [2.05, 4.69) is 15.5 Å². The molecule has 0 fully saturated rings. The SMILES string of the molecule is CCCc1nnnn1CC(C)(CC)C(=O)O. The minimum atomic E-state index is -0.812. The lowest BCUT2D eigenvalue weighted by Crippen LogP contribution is -2.33. The van der Waals surface area contributed by atoms with Crippen molar-refractivity contribution in [2.24, 2.45) is 5.41 Å². The van der Waals surface area contributed by atoms with Gasteiger partial charge in [0, 0.05) is 6.42 Å². The third kappa shape index (κ3) is 2.56. The minimum absolute atomic E-state index is 0.321. The van der Waals surface area contributed by atoms with Gasteiger partial charge in [0.15, 0.2) is 5.82 Å². The number of carbonyl (C=O) groups is 1. The summed E-state index contributed by atoms with van der Waals surface area (Å²) in [5.41, 5.74) is -0.808. The maximum atomic E-state index is 11.2. The molecule has 0 aliphatic heterocycles. The number of tetrazole rings is 1. The maximum Gasteiger partial charge on any atom is 0.311 e. The van der Waals surface area contributed by atoms with E-state index in [0.717, 1.165) is 18.7 Å². The molecule has 0 saturated heterocycles. The van der Waals surface area contributed by atoms with Crippen LogP contribution in [0.1, 0.15) is 39.4 Å². The molecular formula is C10H18N4O2. The molecule has 0 amide bonds. The summed E-state index contributed by atoms with van der Waals surface area (Å²) in [6.07, 6.45) is 2.26. The number of rotatable bonds is 6. The third-order valence-corrected chi connectivity index (χ3v) is 2.88. The molecule has 0 saturated carbocycles. The summed E-state index contributed by atoms with van der Waals surface area (Å²) in [4.78, 5) is 11.2. The molecule has 1 N–H and O–H groups in total. The van der Waals surface area contributed by atoms with Crippen molar-refractivity contribution in [1.82, 2.24) is 20.2 Å². The predicted molar refractivity (Wildman–Crippen MR) is 57.8 cm³/mol. The monoisotopic (exact) mass is 226 g/mol. The van der Waals surface area contributed by atoms with Gasteiger partial charge < -0.3 is 5.11 Å². The van der Waals surface area contributed by atoms with Crippen molar-refractivity contribution >= 4 is 5.97 Å². The molecule has 1 aromatic rings. The zero-order chi connectivity index (χ0) is 12.2. The highest BCUT2D eigenvalue weighted by Gasteiger charge is 2.32. The van der Waals surface area contributed by atoms with Gasteiger partial charge in [-0.25, -0.2) is 4.68 Å². The van der Waals surface area contributed by atoms with Crippen LogP contribution in [0.4, 0.5) is 0 Å². The van der Waals surface area contributed by atoms with Crippen LogP contribution in [0.5, 0.6) is 0 Å². The Morgan fingerprint density at radius 1 is 1.50 bits per heavy atom. The lowest BCUT2D eigenvalue weighted by molar-refractivity contribution is -0.149. The fourth-order valence-corrected chi connectivity index (χ4v) is 1.41. The largest absolute Gasteiger partial charge is 0.481 e. The lowest BCUT2D eigenvalue weighted by atomic mass is 9.88. The maximum absolute atomic E-state index is 11.2. The molecule has 16 heavy (non-hydrogen) atoms. The Morgan fingerprint density at radius 2 is 2.19 bits per heavy atom. The number of aliphatic carboxylic acids is 1. The van der Waals surface area contributed by atoms with Crippen LogP contribution < -0.4 is 0 Å². The first-order valence-corrected chi connectivity index (χ1v) is 5.52. The Bertz CT molecular complexity index is 363. The number of carboxylic acids is 1. The molecule has 1 unspecified atom stereocenters. The van der Waals surface area contributed by atoms with Gasteiger partial charge in [0.05, 0.1) is 12.0 Å². The number of aryl methyl sites for hydroxylation is 1. The molecule has 1 heterocycles. The topological polar surface area (TPSA) is 80.9 Å². The summed E-state index contributed by atoms with van der Waals surface area (Å²) < 4.78 is 1.60. The molecule has 0 aromatic carbocycles. The van der Waals surface area contributed by atoms with Crippen molar-refractivity contribution in [2.75, 3.05) is 0 Å². The number of nitrogens with zero attached hydrogens (tertiary/aromatic N) is 4. The molecule has 6 heteroatoms. The first-order valence-electron chi connectivity index (χ1n) is 5.52. The Labute approximate surface area is 94.7 Å². The molecule has 1 aromatic heterocycles. The zero-order valence-electron chi connectivity index (χ0n) is 9.97. The average molecular weight is 226 g/mol. The Hall–Kier alpha value is -1.46. The van der Waals surface area contributed by atoms with E-state index in [4.69, 9.17) is 0 Å². The normalized spacial score (nSPS) is 14.7. The Kier molecular flexibility index (Phi) is 3.98. The highest BCUT2D eigenvalue weighted by molar-refractivity contribution is 5.73. The molecule has 0 spiro atoms. The number of aromatic nitrogens is 4. The molecule has 0 aliphatic carbocycles. The van der Waals surface area contributed by atoms with E-state index in [1.165, 1.54) is 0 Å². The van der Waals surface area contributed by atoms with Crippen molar-refractivity contribution in [3.8, 4) is 0 Å². The van der Waals surface area contributed by atoms with Crippen LogP contribution in [0.3, 0.4) is 0 Å². The van der Waals surface area contributed by atoms with Gasteiger partial charge in [-0.15, -0.1) is 5.10 Å². The van der Waals surface area contributed by atoms with E-state index in [9.17, 15) is 9.90 Å². The first-order chi connectivity index (χ1) is 7.53. The van der Waals surface area contributed by atoms with Crippen LogP contribution in [0, 0.1) is 5.41 Å².